The highest BCUT2D eigenvalue weighted by Gasteiger charge is 2.23. The molecule has 0 bridgehead atoms. The third-order valence-electron chi connectivity index (χ3n) is 3.77. The van der Waals surface area contributed by atoms with Crippen molar-refractivity contribution in [2.45, 2.75) is 11.8 Å². The number of pyridine rings is 1. The van der Waals surface area contributed by atoms with Crippen molar-refractivity contribution < 1.29 is 8.42 Å². The normalized spacial score (nSPS) is 11.2. The zero-order chi connectivity index (χ0) is 18.6. The van der Waals surface area contributed by atoms with Crippen LogP contribution in [-0.2, 0) is 10.0 Å². The Labute approximate surface area is 158 Å². The Morgan fingerprint density at radius 2 is 1.69 bits per heavy atom. The van der Waals surface area contributed by atoms with Crippen molar-refractivity contribution in [3.05, 3.63) is 77.9 Å². The van der Waals surface area contributed by atoms with Gasteiger partial charge in [0.25, 0.3) is 10.0 Å². The van der Waals surface area contributed by atoms with E-state index in [1.165, 1.54) is 10.5 Å². The van der Waals surface area contributed by atoms with E-state index in [0.717, 1.165) is 5.69 Å². The first kappa shape index (κ1) is 18.2. The Morgan fingerprint density at radius 3 is 2.27 bits per heavy atom. The zero-order valence-electron chi connectivity index (χ0n) is 14.1. The molecule has 0 aliphatic carbocycles. The Hall–Kier alpha value is -2.57. The molecule has 5 nitrogen and oxygen atoms in total. The molecule has 2 aromatic carbocycles. The van der Waals surface area contributed by atoms with E-state index in [-0.39, 0.29) is 4.90 Å². The highest BCUT2D eigenvalue weighted by atomic mass is 35.5. The van der Waals surface area contributed by atoms with E-state index in [1.807, 2.05) is 30.3 Å². The highest BCUT2D eigenvalue weighted by molar-refractivity contribution is 7.92. The molecule has 1 N–H and O–H groups in total. The van der Waals surface area contributed by atoms with Crippen molar-refractivity contribution in [2.75, 3.05) is 16.2 Å². The summed E-state index contributed by atoms with van der Waals surface area (Å²) in [7, 11) is -3.67. The second kappa shape index (κ2) is 7.76. The minimum absolute atomic E-state index is 0.143. The Balaban J connectivity index is 1.83. The lowest BCUT2D eigenvalue weighted by Gasteiger charge is -2.22. The molecular weight excluding hydrogens is 370 g/mol. The molecule has 0 saturated carbocycles. The van der Waals surface area contributed by atoms with Crippen molar-refractivity contribution in [1.29, 1.82) is 0 Å². The molecule has 0 amide bonds. The summed E-state index contributed by atoms with van der Waals surface area (Å²) in [6.45, 7) is 2.13. The van der Waals surface area contributed by atoms with Crippen molar-refractivity contribution in [3.8, 4) is 0 Å². The third-order valence-corrected chi connectivity index (χ3v) is 5.91. The van der Waals surface area contributed by atoms with Gasteiger partial charge in [0, 0.05) is 23.5 Å². The quantitative estimate of drug-likeness (QED) is 0.666. The van der Waals surface area contributed by atoms with Gasteiger partial charge in [-0.3, -0.25) is 4.31 Å². The number of benzene rings is 2. The number of anilines is 3. The van der Waals surface area contributed by atoms with Gasteiger partial charge in [-0.1, -0.05) is 29.8 Å². The van der Waals surface area contributed by atoms with Gasteiger partial charge in [0.15, 0.2) is 0 Å². The molecular formula is C19H18ClN3O2S. The second-order valence-electron chi connectivity index (χ2n) is 5.52. The van der Waals surface area contributed by atoms with E-state index >= 15 is 0 Å². The molecule has 3 aromatic rings. The molecule has 3 rings (SSSR count). The maximum absolute atomic E-state index is 12.9. The minimum Gasteiger partial charge on any atom is -0.340 e. The fourth-order valence-corrected chi connectivity index (χ4v) is 4.05. The van der Waals surface area contributed by atoms with Crippen LogP contribution in [0.2, 0.25) is 5.02 Å². The highest BCUT2D eigenvalue weighted by Crippen LogP contribution is 2.24. The van der Waals surface area contributed by atoms with Crippen LogP contribution in [0.15, 0.2) is 77.8 Å². The molecule has 26 heavy (non-hydrogen) atoms. The van der Waals surface area contributed by atoms with E-state index in [0.29, 0.717) is 23.1 Å². The van der Waals surface area contributed by atoms with Gasteiger partial charge in [-0.15, -0.1) is 0 Å². The SMILES string of the molecule is CCN(c1ccccc1)S(=O)(=O)c1ccc(Nc2ccc(Cl)cc2)nc1. The van der Waals surface area contributed by atoms with E-state index in [9.17, 15) is 8.42 Å². The van der Waals surface area contributed by atoms with Crippen LogP contribution in [0.3, 0.4) is 0 Å². The molecule has 0 aliphatic rings. The molecule has 0 atom stereocenters. The van der Waals surface area contributed by atoms with Crippen LogP contribution in [0, 0.1) is 0 Å². The van der Waals surface area contributed by atoms with E-state index in [1.54, 1.807) is 43.3 Å². The van der Waals surface area contributed by atoms with Crippen LogP contribution in [0.1, 0.15) is 6.92 Å². The number of aromatic nitrogens is 1. The maximum atomic E-state index is 12.9. The van der Waals surface area contributed by atoms with Gasteiger partial charge in [0.2, 0.25) is 0 Å². The van der Waals surface area contributed by atoms with Crippen molar-refractivity contribution >= 4 is 38.8 Å². The summed E-state index contributed by atoms with van der Waals surface area (Å²) >= 11 is 5.86. The standard InChI is InChI=1S/C19H18ClN3O2S/c1-2-23(17-6-4-3-5-7-17)26(24,25)18-12-13-19(21-14-18)22-16-10-8-15(20)9-11-16/h3-14H,2H2,1H3,(H,21,22). The molecule has 0 unspecified atom stereocenters. The Bertz CT molecular complexity index is 960. The van der Waals surface area contributed by atoms with Crippen LogP contribution in [0.5, 0.6) is 0 Å². The first-order valence-corrected chi connectivity index (χ1v) is 9.89. The zero-order valence-corrected chi connectivity index (χ0v) is 15.7. The van der Waals surface area contributed by atoms with Gasteiger partial charge < -0.3 is 5.32 Å². The second-order valence-corrected chi connectivity index (χ2v) is 7.82. The van der Waals surface area contributed by atoms with Crippen LogP contribution < -0.4 is 9.62 Å². The summed E-state index contributed by atoms with van der Waals surface area (Å²) in [5.74, 6) is 0.550. The van der Waals surface area contributed by atoms with E-state index in [2.05, 4.69) is 10.3 Å². The first-order chi connectivity index (χ1) is 12.5. The van der Waals surface area contributed by atoms with Gasteiger partial charge in [-0.05, 0) is 55.5 Å². The Morgan fingerprint density at radius 1 is 1.00 bits per heavy atom. The minimum atomic E-state index is -3.67. The summed E-state index contributed by atoms with van der Waals surface area (Å²) in [5, 5.41) is 3.75. The summed E-state index contributed by atoms with van der Waals surface area (Å²) in [5.41, 5.74) is 1.44. The van der Waals surface area contributed by atoms with Crippen LogP contribution in [0.4, 0.5) is 17.2 Å². The number of halogens is 1. The molecule has 0 saturated heterocycles. The summed E-state index contributed by atoms with van der Waals surface area (Å²) in [4.78, 5) is 4.37. The molecule has 1 heterocycles. The maximum Gasteiger partial charge on any atom is 0.265 e. The largest absolute Gasteiger partial charge is 0.340 e. The van der Waals surface area contributed by atoms with Gasteiger partial charge >= 0.3 is 0 Å². The number of rotatable bonds is 6. The summed E-state index contributed by atoms with van der Waals surface area (Å²) in [6.07, 6.45) is 1.36. The number of sulfonamides is 1. The van der Waals surface area contributed by atoms with E-state index < -0.39 is 10.0 Å². The molecule has 0 radical (unpaired) electrons. The lowest BCUT2D eigenvalue weighted by Crippen LogP contribution is -2.30. The molecule has 0 fully saturated rings. The fourth-order valence-electron chi connectivity index (χ4n) is 2.50. The van der Waals surface area contributed by atoms with Crippen LogP contribution >= 0.6 is 11.6 Å². The van der Waals surface area contributed by atoms with Crippen molar-refractivity contribution in [3.63, 3.8) is 0 Å². The first-order valence-electron chi connectivity index (χ1n) is 8.07. The monoisotopic (exact) mass is 387 g/mol. The number of nitrogens with zero attached hydrogens (tertiary/aromatic N) is 2. The fraction of sp³-hybridized carbons (Fsp3) is 0.105. The average molecular weight is 388 g/mol. The van der Waals surface area contributed by atoms with Crippen LogP contribution in [0.25, 0.3) is 0 Å². The van der Waals surface area contributed by atoms with Gasteiger partial charge in [0.1, 0.15) is 10.7 Å². The Kier molecular flexibility index (Phi) is 5.44. The number of nitrogens with one attached hydrogen (secondary N) is 1. The van der Waals surface area contributed by atoms with Gasteiger partial charge in [-0.2, -0.15) is 0 Å². The number of hydrogen-bond donors (Lipinski definition) is 1. The predicted octanol–water partition coefficient (Wildman–Crippen LogP) is 4.69. The molecule has 1 aromatic heterocycles. The van der Waals surface area contributed by atoms with Crippen LogP contribution in [-0.4, -0.2) is 19.9 Å². The van der Waals surface area contributed by atoms with E-state index in [4.69, 9.17) is 11.6 Å². The number of hydrogen-bond acceptors (Lipinski definition) is 4. The van der Waals surface area contributed by atoms with Gasteiger partial charge in [0.05, 0.1) is 5.69 Å². The number of para-hydroxylation sites is 1. The molecule has 0 spiro atoms. The predicted molar refractivity (Wildman–Crippen MR) is 106 cm³/mol. The third kappa shape index (κ3) is 3.98. The van der Waals surface area contributed by atoms with Crippen molar-refractivity contribution in [1.82, 2.24) is 4.98 Å². The van der Waals surface area contributed by atoms with Gasteiger partial charge in [-0.25, -0.2) is 13.4 Å². The summed E-state index contributed by atoms with van der Waals surface area (Å²) in [6, 6.07) is 19.4. The molecule has 134 valence electrons. The smallest absolute Gasteiger partial charge is 0.265 e. The summed E-state index contributed by atoms with van der Waals surface area (Å²) < 4.78 is 27.2. The lowest BCUT2D eigenvalue weighted by molar-refractivity contribution is 0.591. The average Bonchev–Trinajstić information content (AvgIpc) is 2.65. The lowest BCUT2D eigenvalue weighted by atomic mass is 10.3. The van der Waals surface area contributed by atoms with Crippen molar-refractivity contribution in [2.24, 2.45) is 0 Å². The molecule has 7 heteroatoms. The topological polar surface area (TPSA) is 62.3 Å². The molecule has 0 aliphatic heterocycles.